The molecular weight excluding hydrogens is 378 g/mol. The van der Waals surface area contributed by atoms with E-state index < -0.39 is 0 Å². The van der Waals surface area contributed by atoms with Crippen LogP contribution in [0.1, 0.15) is 54.8 Å². The Morgan fingerprint density at radius 3 is 2.90 bits per heavy atom. The molecule has 1 atom stereocenters. The van der Waals surface area contributed by atoms with Gasteiger partial charge in [-0.05, 0) is 62.8 Å². The fourth-order valence-electron chi connectivity index (χ4n) is 4.31. The molecule has 0 aromatic heterocycles. The van der Waals surface area contributed by atoms with Gasteiger partial charge in [0.15, 0.2) is 11.5 Å². The molecule has 5 nitrogen and oxygen atoms in total. The van der Waals surface area contributed by atoms with E-state index in [1.54, 1.807) is 0 Å². The number of carbonyl (C=O) groups excluding carboxylic acids is 1. The number of carbonyl (C=O) groups is 1. The Kier molecular flexibility index (Phi) is 6.46. The Bertz CT molecular complexity index is 895. The van der Waals surface area contributed by atoms with Gasteiger partial charge in [0.25, 0.3) is 0 Å². The van der Waals surface area contributed by atoms with Crippen LogP contribution in [0.3, 0.4) is 0 Å². The summed E-state index contributed by atoms with van der Waals surface area (Å²) in [6.45, 7) is 6.71. The maximum Gasteiger partial charge on any atom is 0.223 e. The summed E-state index contributed by atoms with van der Waals surface area (Å²) in [6.07, 6.45) is 4.26. The molecule has 2 aliphatic heterocycles. The molecule has 4 rings (SSSR count). The second-order valence-electron chi connectivity index (χ2n) is 8.19. The van der Waals surface area contributed by atoms with Crippen molar-refractivity contribution in [3.8, 4) is 17.2 Å². The van der Waals surface area contributed by atoms with Gasteiger partial charge in [-0.1, -0.05) is 24.3 Å². The minimum Gasteiger partial charge on any atom is -0.493 e. The lowest BCUT2D eigenvalue weighted by atomic mass is 10.0. The molecule has 0 aliphatic carbocycles. The summed E-state index contributed by atoms with van der Waals surface area (Å²) >= 11 is 0. The normalized spacial score (nSPS) is 17.8. The maximum absolute atomic E-state index is 12.9. The first kappa shape index (κ1) is 20.6. The minimum atomic E-state index is 0.0837. The van der Waals surface area contributed by atoms with Gasteiger partial charge in [-0.2, -0.15) is 0 Å². The van der Waals surface area contributed by atoms with Crippen molar-refractivity contribution in [2.24, 2.45) is 0 Å². The number of hydrogen-bond donors (Lipinski definition) is 0. The second-order valence-corrected chi connectivity index (χ2v) is 8.19. The molecule has 0 N–H and O–H groups in total. The summed E-state index contributed by atoms with van der Waals surface area (Å²) in [5.41, 5.74) is 3.42. The molecule has 0 radical (unpaired) electrons. The SMILES string of the molecule is Cc1ccc(C)c(OCCCCC(=O)N2CCCC2c2cccc3c2OCCO3)c1. The van der Waals surface area contributed by atoms with E-state index in [0.29, 0.717) is 26.2 Å². The number of fused-ring (bicyclic) bond motifs is 1. The first-order valence-corrected chi connectivity index (χ1v) is 11.0. The molecular formula is C25H31NO4. The lowest BCUT2D eigenvalue weighted by Crippen LogP contribution is -2.31. The largest absolute Gasteiger partial charge is 0.493 e. The van der Waals surface area contributed by atoms with Crippen molar-refractivity contribution in [2.75, 3.05) is 26.4 Å². The van der Waals surface area contributed by atoms with Gasteiger partial charge in [0, 0.05) is 18.5 Å². The first-order valence-electron chi connectivity index (χ1n) is 11.0. The zero-order valence-corrected chi connectivity index (χ0v) is 18.0. The summed E-state index contributed by atoms with van der Waals surface area (Å²) in [4.78, 5) is 15.0. The highest BCUT2D eigenvalue weighted by Crippen LogP contribution is 2.43. The van der Waals surface area contributed by atoms with E-state index in [-0.39, 0.29) is 11.9 Å². The molecule has 5 heteroatoms. The second kappa shape index (κ2) is 9.41. The van der Waals surface area contributed by atoms with Crippen LogP contribution in [0.15, 0.2) is 36.4 Å². The van der Waals surface area contributed by atoms with Crippen LogP contribution in [0.25, 0.3) is 0 Å². The fraction of sp³-hybridized carbons (Fsp3) is 0.480. The number of benzene rings is 2. The molecule has 2 aromatic rings. The number of amides is 1. The van der Waals surface area contributed by atoms with Crippen LogP contribution in [0.4, 0.5) is 0 Å². The predicted molar refractivity (Wildman–Crippen MR) is 116 cm³/mol. The third-order valence-electron chi connectivity index (χ3n) is 5.91. The van der Waals surface area contributed by atoms with Crippen molar-refractivity contribution < 1.29 is 19.0 Å². The van der Waals surface area contributed by atoms with Crippen molar-refractivity contribution in [3.05, 3.63) is 53.1 Å². The Balaban J connectivity index is 1.30. The summed E-state index contributed by atoms with van der Waals surface area (Å²) in [5, 5.41) is 0. The number of nitrogens with zero attached hydrogens (tertiary/aromatic N) is 1. The molecule has 2 aromatic carbocycles. The zero-order chi connectivity index (χ0) is 20.9. The van der Waals surface area contributed by atoms with Crippen molar-refractivity contribution in [2.45, 2.75) is 52.0 Å². The average Bonchev–Trinajstić information content (AvgIpc) is 3.25. The van der Waals surface area contributed by atoms with E-state index in [0.717, 1.165) is 60.6 Å². The Hall–Kier alpha value is -2.69. The third kappa shape index (κ3) is 4.55. The Morgan fingerprint density at radius 1 is 1.13 bits per heavy atom. The van der Waals surface area contributed by atoms with Crippen molar-refractivity contribution in [1.29, 1.82) is 0 Å². The summed E-state index contributed by atoms with van der Waals surface area (Å²) in [5.74, 6) is 2.77. The van der Waals surface area contributed by atoms with E-state index in [9.17, 15) is 4.79 Å². The quantitative estimate of drug-likeness (QED) is 0.605. The molecule has 1 unspecified atom stereocenters. The van der Waals surface area contributed by atoms with E-state index in [4.69, 9.17) is 14.2 Å². The fourth-order valence-corrected chi connectivity index (χ4v) is 4.31. The van der Waals surface area contributed by atoms with Crippen molar-refractivity contribution >= 4 is 5.91 Å². The highest BCUT2D eigenvalue weighted by Gasteiger charge is 2.33. The van der Waals surface area contributed by atoms with E-state index >= 15 is 0 Å². The van der Waals surface area contributed by atoms with Gasteiger partial charge < -0.3 is 19.1 Å². The van der Waals surface area contributed by atoms with Gasteiger partial charge in [0.2, 0.25) is 5.91 Å². The van der Waals surface area contributed by atoms with E-state index in [1.807, 2.05) is 17.0 Å². The lowest BCUT2D eigenvalue weighted by Gasteiger charge is -2.29. The molecule has 30 heavy (non-hydrogen) atoms. The number of rotatable bonds is 7. The molecule has 1 saturated heterocycles. The van der Waals surface area contributed by atoms with Crippen LogP contribution in [0.5, 0.6) is 17.2 Å². The van der Waals surface area contributed by atoms with Gasteiger partial charge in [-0.25, -0.2) is 0 Å². The molecule has 0 bridgehead atoms. The molecule has 1 amide bonds. The molecule has 1 fully saturated rings. The zero-order valence-electron chi connectivity index (χ0n) is 18.0. The summed E-state index contributed by atoms with van der Waals surface area (Å²) < 4.78 is 17.5. The van der Waals surface area contributed by atoms with Gasteiger partial charge in [-0.3, -0.25) is 4.79 Å². The lowest BCUT2D eigenvalue weighted by molar-refractivity contribution is -0.132. The van der Waals surface area contributed by atoms with Crippen molar-refractivity contribution in [3.63, 3.8) is 0 Å². The van der Waals surface area contributed by atoms with Crippen LogP contribution in [0, 0.1) is 13.8 Å². The number of aryl methyl sites for hydroxylation is 2. The number of para-hydroxylation sites is 1. The number of likely N-dealkylation sites (tertiary alicyclic amines) is 1. The average molecular weight is 410 g/mol. The number of unbranched alkanes of at least 4 members (excludes halogenated alkanes) is 1. The maximum atomic E-state index is 12.9. The monoisotopic (exact) mass is 409 g/mol. The highest BCUT2D eigenvalue weighted by molar-refractivity contribution is 5.77. The van der Waals surface area contributed by atoms with Gasteiger partial charge in [0.1, 0.15) is 19.0 Å². The van der Waals surface area contributed by atoms with Crippen LogP contribution in [-0.2, 0) is 4.79 Å². The Morgan fingerprint density at radius 2 is 2.00 bits per heavy atom. The molecule has 0 saturated carbocycles. The van der Waals surface area contributed by atoms with Crippen LogP contribution < -0.4 is 14.2 Å². The topological polar surface area (TPSA) is 48.0 Å². The van der Waals surface area contributed by atoms with Crippen LogP contribution in [0.2, 0.25) is 0 Å². The van der Waals surface area contributed by atoms with Crippen LogP contribution >= 0.6 is 0 Å². The molecule has 0 spiro atoms. The highest BCUT2D eigenvalue weighted by atomic mass is 16.6. The van der Waals surface area contributed by atoms with Crippen LogP contribution in [-0.4, -0.2) is 37.2 Å². The number of ether oxygens (including phenoxy) is 3. The summed E-state index contributed by atoms with van der Waals surface area (Å²) in [6, 6.07) is 12.3. The molecule has 2 heterocycles. The minimum absolute atomic E-state index is 0.0837. The van der Waals surface area contributed by atoms with Crippen molar-refractivity contribution in [1.82, 2.24) is 4.90 Å². The van der Waals surface area contributed by atoms with E-state index in [2.05, 4.69) is 38.1 Å². The standard InChI is InChI=1S/C25H31NO4/c1-18-11-12-19(2)23(17-18)28-14-4-3-10-24(27)26-13-6-8-21(26)20-7-5-9-22-25(20)30-16-15-29-22/h5,7,9,11-12,17,21H,3-4,6,8,10,13-16H2,1-2H3. The van der Waals surface area contributed by atoms with Gasteiger partial charge in [-0.15, -0.1) is 0 Å². The Labute approximate surface area is 178 Å². The third-order valence-corrected chi connectivity index (χ3v) is 5.91. The molecule has 160 valence electrons. The smallest absolute Gasteiger partial charge is 0.223 e. The number of hydrogen-bond acceptors (Lipinski definition) is 4. The van der Waals surface area contributed by atoms with Gasteiger partial charge in [0.05, 0.1) is 12.6 Å². The van der Waals surface area contributed by atoms with E-state index in [1.165, 1.54) is 5.56 Å². The molecule has 2 aliphatic rings. The van der Waals surface area contributed by atoms with Gasteiger partial charge >= 0.3 is 0 Å². The predicted octanol–water partition coefficient (Wildman–Crippen LogP) is 4.99. The first-order chi connectivity index (χ1) is 14.6. The summed E-state index contributed by atoms with van der Waals surface area (Å²) in [7, 11) is 0.